The maximum atomic E-state index is 11.4. The first-order chi connectivity index (χ1) is 6.63. The fourth-order valence-corrected chi connectivity index (χ4v) is 1.18. The van der Waals surface area contributed by atoms with Crippen LogP contribution >= 0.6 is 15.9 Å². The van der Waals surface area contributed by atoms with E-state index < -0.39 is 6.04 Å². The van der Waals surface area contributed by atoms with E-state index >= 15 is 0 Å². The second-order valence-corrected chi connectivity index (χ2v) is 3.48. The van der Waals surface area contributed by atoms with E-state index in [4.69, 9.17) is 5.26 Å². The lowest BCUT2D eigenvalue weighted by molar-refractivity contribution is 0.0942. The van der Waals surface area contributed by atoms with Gasteiger partial charge in [0.05, 0.1) is 6.07 Å². The lowest BCUT2D eigenvalue weighted by Crippen LogP contribution is -2.31. The lowest BCUT2D eigenvalue weighted by Gasteiger charge is -2.05. The van der Waals surface area contributed by atoms with E-state index in [1.54, 1.807) is 25.1 Å². The van der Waals surface area contributed by atoms with Gasteiger partial charge >= 0.3 is 0 Å². The van der Waals surface area contributed by atoms with Crippen molar-refractivity contribution in [1.29, 1.82) is 5.26 Å². The van der Waals surface area contributed by atoms with Crippen LogP contribution in [0.15, 0.2) is 22.8 Å². The van der Waals surface area contributed by atoms with E-state index in [1.165, 1.54) is 0 Å². The van der Waals surface area contributed by atoms with Gasteiger partial charge in [-0.2, -0.15) is 5.26 Å². The second kappa shape index (κ2) is 4.72. The Labute approximate surface area is 90.1 Å². The Morgan fingerprint density at radius 1 is 1.71 bits per heavy atom. The van der Waals surface area contributed by atoms with Gasteiger partial charge in [-0.15, -0.1) is 0 Å². The summed E-state index contributed by atoms with van der Waals surface area (Å²) < 4.78 is 0.592. The van der Waals surface area contributed by atoms with Crippen molar-refractivity contribution < 1.29 is 4.79 Å². The zero-order valence-electron chi connectivity index (χ0n) is 7.49. The molecule has 1 rings (SSSR count). The van der Waals surface area contributed by atoms with Crippen LogP contribution in [0, 0.1) is 11.3 Å². The monoisotopic (exact) mass is 253 g/mol. The molecule has 0 aromatic carbocycles. The second-order valence-electron chi connectivity index (χ2n) is 2.67. The van der Waals surface area contributed by atoms with Crippen molar-refractivity contribution in [2.45, 2.75) is 13.0 Å². The largest absolute Gasteiger partial charge is 0.335 e. The van der Waals surface area contributed by atoms with E-state index in [0.29, 0.717) is 10.3 Å². The summed E-state index contributed by atoms with van der Waals surface area (Å²) in [5.74, 6) is -0.347. The van der Waals surface area contributed by atoms with E-state index in [0.717, 1.165) is 0 Å². The Hall–Kier alpha value is -1.41. The molecule has 1 heterocycles. The van der Waals surface area contributed by atoms with E-state index in [9.17, 15) is 4.79 Å². The van der Waals surface area contributed by atoms with Gasteiger partial charge in [0.25, 0.3) is 5.91 Å². The van der Waals surface area contributed by atoms with Gasteiger partial charge in [-0.25, -0.2) is 4.98 Å². The van der Waals surface area contributed by atoms with Crippen LogP contribution in [0.3, 0.4) is 0 Å². The Balaban J connectivity index is 2.76. The molecule has 0 aliphatic rings. The maximum Gasteiger partial charge on any atom is 0.270 e. The summed E-state index contributed by atoms with van der Waals surface area (Å²) in [5.41, 5.74) is 0.293. The average Bonchev–Trinajstić information content (AvgIpc) is 2.17. The summed E-state index contributed by atoms with van der Waals surface area (Å²) in [5, 5.41) is 11.0. The van der Waals surface area contributed by atoms with Crippen LogP contribution in [0.25, 0.3) is 0 Å². The number of amides is 1. The topological polar surface area (TPSA) is 65.8 Å². The van der Waals surface area contributed by atoms with Gasteiger partial charge in [0.2, 0.25) is 0 Å². The summed E-state index contributed by atoms with van der Waals surface area (Å²) in [6, 6.07) is 6.42. The number of carbonyl (C=O) groups is 1. The number of hydrogen-bond acceptors (Lipinski definition) is 3. The molecule has 14 heavy (non-hydrogen) atoms. The van der Waals surface area contributed by atoms with Crippen molar-refractivity contribution in [2.75, 3.05) is 0 Å². The van der Waals surface area contributed by atoms with Gasteiger partial charge in [-0.3, -0.25) is 4.79 Å². The van der Waals surface area contributed by atoms with Crippen molar-refractivity contribution in [3.05, 3.63) is 28.5 Å². The number of carbonyl (C=O) groups excluding carboxylic acids is 1. The minimum atomic E-state index is -0.511. The van der Waals surface area contributed by atoms with Crippen LogP contribution < -0.4 is 5.32 Å². The molecule has 0 radical (unpaired) electrons. The molecule has 1 aromatic heterocycles. The number of nitriles is 1. The van der Waals surface area contributed by atoms with Crippen LogP contribution in [-0.2, 0) is 0 Å². The number of halogens is 1. The highest BCUT2D eigenvalue weighted by Gasteiger charge is 2.09. The third-order valence-electron chi connectivity index (χ3n) is 1.49. The first-order valence-corrected chi connectivity index (χ1v) is 4.76. The van der Waals surface area contributed by atoms with Crippen molar-refractivity contribution in [3.63, 3.8) is 0 Å². The molecule has 0 aliphatic heterocycles. The molecule has 72 valence electrons. The number of pyridine rings is 1. The zero-order chi connectivity index (χ0) is 10.6. The molecular weight excluding hydrogens is 246 g/mol. The molecule has 1 N–H and O–H groups in total. The minimum Gasteiger partial charge on any atom is -0.335 e. The zero-order valence-corrected chi connectivity index (χ0v) is 9.08. The molecule has 0 bridgehead atoms. The maximum absolute atomic E-state index is 11.4. The Kier molecular flexibility index (Phi) is 3.60. The van der Waals surface area contributed by atoms with Crippen molar-refractivity contribution in [3.8, 4) is 6.07 Å². The predicted octanol–water partition coefficient (Wildman–Crippen LogP) is 1.49. The molecular formula is C9H8BrN3O. The molecule has 4 nitrogen and oxygen atoms in total. The summed E-state index contributed by atoms with van der Waals surface area (Å²) >= 11 is 3.16. The minimum absolute atomic E-state index is 0.293. The van der Waals surface area contributed by atoms with Crippen molar-refractivity contribution in [2.24, 2.45) is 0 Å². The van der Waals surface area contributed by atoms with Crippen molar-refractivity contribution in [1.82, 2.24) is 10.3 Å². The van der Waals surface area contributed by atoms with E-state index in [2.05, 4.69) is 26.2 Å². The third kappa shape index (κ3) is 2.82. The lowest BCUT2D eigenvalue weighted by atomic mass is 10.3. The molecule has 0 fully saturated rings. The van der Waals surface area contributed by atoms with Crippen LogP contribution in [0.4, 0.5) is 0 Å². The van der Waals surface area contributed by atoms with E-state index in [-0.39, 0.29) is 5.91 Å². The Morgan fingerprint density at radius 3 is 3.00 bits per heavy atom. The van der Waals surface area contributed by atoms with Gasteiger partial charge in [-0.05, 0) is 35.0 Å². The SMILES string of the molecule is CC(C#N)NC(=O)c1cccc(Br)n1. The van der Waals surface area contributed by atoms with Gasteiger partial charge in [0.1, 0.15) is 16.3 Å². The molecule has 0 aliphatic carbocycles. The number of nitrogens with one attached hydrogen (secondary N) is 1. The van der Waals surface area contributed by atoms with Crippen LogP contribution in [0.1, 0.15) is 17.4 Å². The van der Waals surface area contributed by atoms with Crippen LogP contribution in [0.5, 0.6) is 0 Å². The summed E-state index contributed by atoms with van der Waals surface area (Å²) in [7, 11) is 0. The van der Waals surface area contributed by atoms with Crippen LogP contribution in [0.2, 0.25) is 0 Å². The molecule has 1 atom stereocenters. The highest BCUT2D eigenvalue weighted by molar-refractivity contribution is 9.10. The van der Waals surface area contributed by atoms with E-state index in [1.807, 2.05) is 6.07 Å². The van der Waals surface area contributed by atoms with Crippen LogP contribution in [-0.4, -0.2) is 16.9 Å². The quantitative estimate of drug-likeness (QED) is 0.813. The number of hydrogen-bond donors (Lipinski definition) is 1. The fourth-order valence-electron chi connectivity index (χ4n) is 0.838. The third-order valence-corrected chi connectivity index (χ3v) is 1.93. The predicted molar refractivity (Wildman–Crippen MR) is 54.5 cm³/mol. The van der Waals surface area contributed by atoms with Gasteiger partial charge < -0.3 is 5.32 Å². The highest BCUT2D eigenvalue weighted by atomic mass is 79.9. The first kappa shape index (κ1) is 10.7. The molecule has 0 saturated heterocycles. The number of rotatable bonds is 2. The fraction of sp³-hybridized carbons (Fsp3) is 0.222. The first-order valence-electron chi connectivity index (χ1n) is 3.96. The molecule has 1 unspecified atom stereocenters. The van der Waals surface area contributed by atoms with Gasteiger partial charge in [0.15, 0.2) is 0 Å². The summed E-state index contributed by atoms with van der Waals surface area (Å²) in [4.78, 5) is 15.4. The smallest absolute Gasteiger partial charge is 0.270 e. The number of aromatic nitrogens is 1. The normalized spacial score (nSPS) is 11.5. The highest BCUT2D eigenvalue weighted by Crippen LogP contribution is 2.06. The summed E-state index contributed by atoms with van der Waals surface area (Å²) in [6.45, 7) is 1.61. The number of nitrogens with zero attached hydrogens (tertiary/aromatic N) is 2. The molecule has 5 heteroatoms. The molecule has 1 amide bonds. The van der Waals surface area contributed by atoms with Gasteiger partial charge in [0, 0.05) is 0 Å². The average molecular weight is 254 g/mol. The standard InChI is InChI=1S/C9H8BrN3O/c1-6(5-11)12-9(14)7-3-2-4-8(10)13-7/h2-4,6H,1H3,(H,12,14). The molecule has 0 saturated carbocycles. The summed E-state index contributed by atoms with van der Waals surface area (Å²) in [6.07, 6.45) is 0. The van der Waals surface area contributed by atoms with Gasteiger partial charge in [-0.1, -0.05) is 6.07 Å². The Morgan fingerprint density at radius 2 is 2.43 bits per heavy atom. The van der Waals surface area contributed by atoms with Crippen molar-refractivity contribution >= 4 is 21.8 Å². The molecule has 0 spiro atoms. The Bertz CT molecular complexity index is 386. The molecule has 1 aromatic rings.